The quantitative estimate of drug-likeness (QED) is 0.0922. The molecule has 3 aliphatic rings. The van der Waals surface area contributed by atoms with Gasteiger partial charge in [-0.2, -0.15) is 0 Å². The van der Waals surface area contributed by atoms with Gasteiger partial charge >= 0.3 is 23.9 Å². The zero-order valence-corrected chi connectivity index (χ0v) is 42.6. The topological polar surface area (TPSA) is 192 Å². The van der Waals surface area contributed by atoms with Gasteiger partial charge in [0, 0.05) is 143 Å². The third kappa shape index (κ3) is 10.6. The van der Waals surface area contributed by atoms with Crippen molar-refractivity contribution < 1.29 is 42.9 Å². The second-order valence-corrected chi connectivity index (χ2v) is 19.2. The van der Waals surface area contributed by atoms with Gasteiger partial charge in [0.25, 0.3) is 0 Å². The maximum absolute atomic E-state index is 12.4. The Hall–Kier alpha value is -7.61. The first-order chi connectivity index (χ1) is 35.8. The molecular formula is C55H62N10O9. The minimum Gasteiger partial charge on any atom is -0.463 e. The number of benzene rings is 4. The normalized spacial score (nSPS) is 20.7. The predicted molar refractivity (Wildman–Crippen MR) is 278 cm³/mol. The molecule has 0 aliphatic carbocycles. The van der Waals surface area contributed by atoms with Gasteiger partial charge < -0.3 is 47.9 Å². The van der Waals surface area contributed by atoms with Crippen LogP contribution in [0.2, 0.25) is 0 Å². The highest BCUT2D eigenvalue weighted by atomic mass is 16.7. The van der Waals surface area contributed by atoms with Gasteiger partial charge in [0.1, 0.15) is 18.5 Å². The van der Waals surface area contributed by atoms with E-state index in [0.29, 0.717) is 12.2 Å². The maximum Gasteiger partial charge on any atom is 0.303 e. The average molecular weight is 1010 g/mol. The molecule has 3 fully saturated rings. The van der Waals surface area contributed by atoms with E-state index >= 15 is 0 Å². The van der Waals surface area contributed by atoms with E-state index < -0.39 is 54.5 Å². The summed E-state index contributed by atoms with van der Waals surface area (Å²) in [5.41, 5.74) is 10.3. The Morgan fingerprint density at radius 1 is 0.662 bits per heavy atom. The second-order valence-electron chi connectivity index (χ2n) is 19.2. The van der Waals surface area contributed by atoms with E-state index in [1.54, 1.807) is 6.20 Å². The van der Waals surface area contributed by atoms with Crippen LogP contribution in [0.3, 0.4) is 0 Å². The monoisotopic (exact) mass is 1010 g/mol. The van der Waals surface area contributed by atoms with Crippen molar-refractivity contribution in [2.24, 2.45) is 0 Å². The summed E-state index contributed by atoms with van der Waals surface area (Å²) in [4.78, 5) is 67.4. The number of aryl methyl sites for hydroxylation is 1. The molecule has 0 amide bonds. The fraction of sp³-hybridized carbons (Fsp3) is 0.400. The molecule has 19 nitrogen and oxygen atoms in total. The van der Waals surface area contributed by atoms with Crippen LogP contribution in [0.25, 0.3) is 55.7 Å². The molecule has 3 aliphatic heterocycles. The number of aromatic nitrogens is 6. The molecule has 10 rings (SSSR count). The molecule has 7 aromatic rings. The van der Waals surface area contributed by atoms with E-state index in [4.69, 9.17) is 28.7 Å². The van der Waals surface area contributed by atoms with Crippen molar-refractivity contribution in [2.45, 2.75) is 78.4 Å². The van der Waals surface area contributed by atoms with Crippen LogP contribution in [0, 0.1) is 0 Å². The van der Waals surface area contributed by atoms with Gasteiger partial charge in [0.05, 0.1) is 23.3 Å². The van der Waals surface area contributed by atoms with E-state index in [1.807, 2.05) is 0 Å². The van der Waals surface area contributed by atoms with Crippen molar-refractivity contribution in [3.8, 4) is 33.9 Å². The van der Waals surface area contributed by atoms with Crippen LogP contribution in [0.15, 0.2) is 97.2 Å². The smallest absolute Gasteiger partial charge is 0.303 e. The fourth-order valence-electron chi connectivity index (χ4n) is 10.5. The molecule has 3 aromatic heterocycles. The first-order valence-corrected chi connectivity index (χ1v) is 25.2. The Morgan fingerprint density at radius 3 is 1.91 bits per heavy atom. The molecule has 0 spiro atoms. The lowest BCUT2D eigenvalue weighted by Gasteiger charge is -2.44. The third-order valence-electron chi connectivity index (χ3n) is 14.1. The summed E-state index contributed by atoms with van der Waals surface area (Å²) in [5, 5.41) is 11.2. The van der Waals surface area contributed by atoms with Crippen molar-refractivity contribution in [3.05, 3.63) is 103 Å². The van der Waals surface area contributed by atoms with E-state index in [9.17, 15) is 19.2 Å². The Balaban J connectivity index is 0.857. The largest absolute Gasteiger partial charge is 0.463 e. The number of fused-ring (bicyclic) bond motifs is 3. The number of rotatable bonds is 14. The van der Waals surface area contributed by atoms with E-state index in [-0.39, 0.29) is 6.61 Å². The lowest BCUT2D eigenvalue weighted by atomic mass is 9.97. The zero-order valence-electron chi connectivity index (χ0n) is 42.6. The van der Waals surface area contributed by atoms with Gasteiger partial charge in [-0.1, -0.05) is 47.7 Å². The molecule has 0 saturated carbocycles. The number of hydrogen-bond acceptors (Lipinski definition) is 16. The number of piperazine rings is 2. The number of nitrogens with zero attached hydrogens (tertiary/aromatic N) is 9. The van der Waals surface area contributed by atoms with E-state index in [0.717, 1.165) is 98.5 Å². The van der Waals surface area contributed by atoms with E-state index in [1.165, 1.54) is 59.9 Å². The summed E-state index contributed by atoms with van der Waals surface area (Å²) in [6.45, 7) is 15.1. The average Bonchev–Trinajstić information content (AvgIpc) is 4.14. The van der Waals surface area contributed by atoms with Crippen molar-refractivity contribution in [1.82, 2.24) is 39.3 Å². The highest BCUT2D eigenvalue weighted by molar-refractivity contribution is 6.09. The Kier molecular flexibility index (Phi) is 14.5. The van der Waals surface area contributed by atoms with Crippen LogP contribution in [0.4, 0.5) is 11.4 Å². The molecule has 4 aromatic carbocycles. The molecule has 0 radical (unpaired) electrons. The first-order valence-electron chi connectivity index (χ1n) is 25.2. The zero-order chi connectivity index (χ0) is 51.6. The minimum absolute atomic E-state index is 0.343. The van der Waals surface area contributed by atoms with Crippen LogP contribution in [-0.4, -0.2) is 154 Å². The van der Waals surface area contributed by atoms with Crippen LogP contribution in [0.1, 0.15) is 46.5 Å². The number of carbonyl (C=O) groups is 4. The highest BCUT2D eigenvalue weighted by Crippen LogP contribution is 2.38. The third-order valence-corrected chi connectivity index (χ3v) is 14.1. The first kappa shape index (κ1) is 49.9. The summed E-state index contributed by atoms with van der Waals surface area (Å²) >= 11 is 0. The summed E-state index contributed by atoms with van der Waals surface area (Å²) in [6, 6.07) is 32.8. The van der Waals surface area contributed by atoms with Crippen LogP contribution in [-0.2, 0) is 56.0 Å². The molecular weight excluding hydrogens is 945 g/mol. The van der Waals surface area contributed by atoms with Gasteiger partial charge in [0.2, 0.25) is 0 Å². The van der Waals surface area contributed by atoms with Gasteiger partial charge in [-0.15, -0.1) is 5.10 Å². The highest BCUT2D eigenvalue weighted by Gasteiger charge is 2.53. The van der Waals surface area contributed by atoms with Crippen molar-refractivity contribution >= 4 is 57.1 Å². The van der Waals surface area contributed by atoms with Gasteiger partial charge in [-0.3, -0.25) is 24.1 Å². The van der Waals surface area contributed by atoms with Gasteiger partial charge in [-0.25, -0.2) is 9.67 Å². The molecule has 1 N–H and O–H groups in total. The minimum atomic E-state index is -1.32. The number of likely N-dealkylation sites (N-methyl/N-ethyl adjacent to an activating group) is 1. The number of H-pyrrole nitrogens is 1. The lowest BCUT2D eigenvalue weighted by Crippen LogP contribution is -2.60. The number of esters is 4. The molecule has 6 heterocycles. The number of imidazole rings is 1. The van der Waals surface area contributed by atoms with Crippen molar-refractivity contribution in [3.63, 3.8) is 0 Å². The number of para-hydroxylation sites is 1. The SMILES string of the molecule is CCn1c2ccccc2c2cc(-c3nc(-c4ccc(N5CCN(Cc6cn([C@@H]7O[C@H](COC(C)=O)[C@@H](OC(C)=O)[C@H](OC(C)=O)[C@H]7OC(C)=O)nn6)CC5)cc4)c(-c4ccc(N5CCN(C)CC5)cc4)[nH]3)ccc21. The molecule has 74 heavy (non-hydrogen) atoms. The summed E-state index contributed by atoms with van der Waals surface area (Å²) < 4.78 is 32.0. The molecule has 3 saturated heterocycles. The van der Waals surface area contributed by atoms with Crippen LogP contribution >= 0.6 is 0 Å². The molecule has 0 bridgehead atoms. The Labute approximate surface area is 428 Å². The summed E-state index contributed by atoms with van der Waals surface area (Å²) in [6.07, 6.45) is -4.51. The van der Waals surface area contributed by atoms with Crippen LogP contribution in [0.5, 0.6) is 0 Å². The predicted octanol–water partition coefficient (Wildman–Crippen LogP) is 6.46. The van der Waals surface area contributed by atoms with E-state index in [2.05, 4.69) is 144 Å². The fourth-order valence-corrected chi connectivity index (χ4v) is 10.5. The molecule has 5 atom stereocenters. The Bertz CT molecular complexity index is 3150. The second kappa shape index (κ2) is 21.5. The number of carbonyl (C=O) groups excluding carboxylic acids is 4. The molecule has 19 heteroatoms. The summed E-state index contributed by atoms with van der Waals surface area (Å²) in [5.74, 6) is -1.91. The number of aromatic amines is 1. The maximum atomic E-state index is 12.4. The van der Waals surface area contributed by atoms with Gasteiger partial charge in [-0.05, 0) is 62.5 Å². The number of hydrogen-bond donors (Lipinski definition) is 1. The Morgan fingerprint density at radius 2 is 1.26 bits per heavy atom. The number of ether oxygens (including phenoxy) is 5. The van der Waals surface area contributed by atoms with Crippen molar-refractivity contribution in [2.75, 3.05) is 75.8 Å². The number of nitrogens with one attached hydrogen (secondary N) is 1. The standard InChI is InChI=1S/C55H62N10O9/c1-7-64-46-11-9-8-10-44(46)45-30-40(16-21-47(45)64)54-56-49(38-12-17-42(18-13-38)62-26-22-60(6)23-27-62)50(57-54)39-14-19-43(20-15-39)63-28-24-61(25-29-63)31-41-32-65(59-58-41)55-53(73-37(5)69)52(72-36(4)68)51(71-35(3)67)48(74-55)33-70-34(2)66/h8-21,30,32,48,51-53,55H,7,22-29,31,33H2,1-6H3,(H,56,57)/t48-,51-,52+,53-,55-/m1/s1. The molecule has 386 valence electrons. The number of anilines is 2. The van der Waals surface area contributed by atoms with Crippen molar-refractivity contribution in [1.29, 1.82) is 0 Å². The lowest BCUT2D eigenvalue weighted by molar-refractivity contribution is -0.270. The van der Waals surface area contributed by atoms with Crippen LogP contribution < -0.4 is 9.80 Å². The summed E-state index contributed by atoms with van der Waals surface area (Å²) in [7, 11) is 2.17. The van der Waals surface area contributed by atoms with Gasteiger partial charge in [0.15, 0.2) is 24.5 Å². The molecule has 0 unspecified atom stereocenters.